The topological polar surface area (TPSA) is 85.5 Å². The fourth-order valence-electron chi connectivity index (χ4n) is 2.00. The molecule has 0 aliphatic carbocycles. The van der Waals surface area contributed by atoms with E-state index >= 15 is 0 Å². The van der Waals surface area contributed by atoms with Crippen molar-refractivity contribution in [1.82, 2.24) is 10.1 Å². The smallest absolute Gasteiger partial charge is 0.341 e. The van der Waals surface area contributed by atoms with Crippen molar-refractivity contribution in [2.24, 2.45) is 0 Å². The largest absolute Gasteiger partial charge is 0.482 e. The van der Waals surface area contributed by atoms with Gasteiger partial charge in [-0.25, -0.2) is 4.79 Å². The highest BCUT2D eigenvalue weighted by Crippen LogP contribution is 2.24. The van der Waals surface area contributed by atoms with Crippen LogP contribution in [-0.4, -0.2) is 27.8 Å². The summed E-state index contributed by atoms with van der Waals surface area (Å²) in [7, 11) is 0. The summed E-state index contributed by atoms with van der Waals surface area (Å²) < 4.78 is 10.4. The Balaban J connectivity index is 1.77. The summed E-state index contributed by atoms with van der Waals surface area (Å²) in [6, 6.07) is 14.6. The molecule has 6 nitrogen and oxygen atoms in total. The first-order chi connectivity index (χ1) is 11.1. The second-order valence-electron chi connectivity index (χ2n) is 5.00. The van der Waals surface area contributed by atoms with Crippen LogP contribution in [0.1, 0.15) is 5.56 Å². The molecule has 1 N–H and O–H groups in total. The van der Waals surface area contributed by atoms with Crippen LogP contribution >= 0.6 is 0 Å². The van der Waals surface area contributed by atoms with E-state index in [1.807, 2.05) is 31.2 Å². The summed E-state index contributed by atoms with van der Waals surface area (Å²) in [5, 5.41) is 12.6. The van der Waals surface area contributed by atoms with Crippen LogP contribution in [0.25, 0.3) is 22.8 Å². The van der Waals surface area contributed by atoms with Gasteiger partial charge < -0.3 is 14.4 Å². The standard InChI is InChI=1S/C17H14N2O4/c1-11-2-4-12(5-3-11)16-18-17(23-19-16)13-6-8-14(9-7-13)22-10-15(20)21/h2-9H,10H2,1H3,(H,20,21). The first kappa shape index (κ1) is 14.8. The number of nitrogens with zero attached hydrogens (tertiary/aromatic N) is 2. The van der Waals surface area contributed by atoms with Gasteiger partial charge in [0.05, 0.1) is 0 Å². The number of aryl methyl sites for hydroxylation is 1. The van der Waals surface area contributed by atoms with Crippen LogP contribution in [0.2, 0.25) is 0 Å². The zero-order valence-corrected chi connectivity index (χ0v) is 12.4. The average Bonchev–Trinajstić information content (AvgIpc) is 3.04. The minimum absolute atomic E-state index is 0.378. The number of hydrogen-bond donors (Lipinski definition) is 1. The Morgan fingerprint density at radius 2 is 1.74 bits per heavy atom. The Labute approximate surface area is 132 Å². The second kappa shape index (κ2) is 6.31. The number of aliphatic carboxylic acids is 1. The predicted octanol–water partition coefficient (Wildman–Crippen LogP) is 3.18. The molecule has 0 fully saturated rings. The zero-order valence-electron chi connectivity index (χ0n) is 12.4. The van der Waals surface area contributed by atoms with E-state index in [1.54, 1.807) is 24.3 Å². The maximum atomic E-state index is 10.5. The number of carbonyl (C=O) groups is 1. The minimum atomic E-state index is -1.02. The van der Waals surface area contributed by atoms with E-state index in [9.17, 15) is 4.79 Å². The van der Waals surface area contributed by atoms with Crippen LogP contribution in [0.3, 0.4) is 0 Å². The van der Waals surface area contributed by atoms with Gasteiger partial charge in [0.15, 0.2) is 6.61 Å². The van der Waals surface area contributed by atoms with E-state index in [4.69, 9.17) is 14.4 Å². The van der Waals surface area contributed by atoms with Gasteiger partial charge in [-0.05, 0) is 31.2 Å². The summed E-state index contributed by atoms with van der Waals surface area (Å²) in [5.41, 5.74) is 2.78. The highest BCUT2D eigenvalue weighted by Gasteiger charge is 2.10. The number of carboxylic acid groups (broad SMARTS) is 1. The molecule has 0 atom stereocenters. The van der Waals surface area contributed by atoms with E-state index < -0.39 is 5.97 Å². The predicted molar refractivity (Wildman–Crippen MR) is 83.0 cm³/mol. The molecule has 0 saturated carbocycles. The van der Waals surface area contributed by atoms with E-state index in [1.165, 1.54) is 0 Å². The van der Waals surface area contributed by atoms with Gasteiger partial charge in [-0.3, -0.25) is 0 Å². The summed E-state index contributed by atoms with van der Waals surface area (Å²) >= 11 is 0. The molecule has 0 bridgehead atoms. The lowest BCUT2D eigenvalue weighted by Crippen LogP contribution is -2.09. The van der Waals surface area contributed by atoms with Crippen molar-refractivity contribution in [2.45, 2.75) is 6.92 Å². The molecule has 0 aliphatic rings. The lowest BCUT2D eigenvalue weighted by atomic mass is 10.1. The Morgan fingerprint density at radius 1 is 1.09 bits per heavy atom. The molecule has 3 rings (SSSR count). The van der Waals surface area contributed by atoms with Gasteiger partial charge in [0.2, 0.25) is 5.82 Å². The molecule has 1 aromatic heterocycles. The van der Waals surface area contributed by atoms with Crippen molar-refractivity contribution >= 4 is 5.97 Å². The van der Waals surface area contributed by atoms with Crippen molar-refractivity contribution in [3.63, 3.8) is 0 Å². The molecule has 0 saturated heterocycles. The summed E-state index contributed by atoms with van der Waals surface area (Å²) in [6.07, 6.45) is 0. The number of hydrogen-bond acceptors (Lipinski definition) is 5. The third kappa shape index (κ3) is 3.55. The van der Waals surface area contributed by atoms with Gasteiger partial charge in [-0.15, -0.1) is 0 Å². The molecule has 2 aromatic carbocycles. The van der Waals surface area contributed by atoms with Crippen molar-refractivity contribution in [3.8, 4) is 28.6 Å². The monoisotopic (exact) mass is 310 g/mol. The normalized spacial score (nSPS) is 10.5. The maximum Gasteiger partial charge on any atom is 0.341 e. The van der Waals surface area contributed by atoms with Crippen LogP contribution in [0.15, 0.2) is 53.1 Å². The molecular formula is C17H14N2O4. The summed E-state index contributed by atoms with van der Waals surface area (Å²) in [6.45, 7) is 1.64. The SMILES string of the molecule is Cc1ccc(-c2noc(-c3ccc(OCC(=O)O)cc3)n2)cc1. The third-order valence-corrected chi connectivity index (χ3v) is 3.20. The van der Waals surface area contributed by atoms with Crippen molar-refractivity contribution in [2.75, 3.05) is 6.61 Å². The van der Waals surface area contributed by atoms with Crippen LogP contribution in [0.5, 0.6) is 5.75 Å². The van der Waals surface area contributed by atoms with Gasteiger partial charge >= 0.3 is 5.97 Å². The first-order valence-electron chi connectivity index (χ1n) is 6.97. The van der Waals surface area contributed by atoms with E-state index in [0.717, 1.165) is 16.7 Å². The van der Waals surface area contributed by atoms with Gasteiger partial charge in [-0.1, -0.05) is 35.0 Å². The fourth-order valence-corrected chi connectivity index (χ4v) is 2.00. The Hall–Kier alpha value is -3.15. The number of ether oxygens (including phenoxy) is 1. The van der Waals surface area contributed by atoms with Gasteiger partial charge in [-0.2, -0.15) is 4.98 Å². The van der Waals surface area contributed by atoms with Gasteiger partial charge in [0, 0.05) is 11.1 Å². The number of rotatable bonds is 5. The van der Waals surface area contributed by atoms with Crippen LogP contribution in [-0.2, 0) is 4.79 Å². The molecule has 3 aromatic rings. The van der Waals surface area contributed by atoms with Crippen LogP contribution < -0.4 is 4.74 Å². The Morgan fingerprint density at radius 3 is 2.39 bits per heavy atom. The highest BCUT2D eigenvalue weighted by molar-refractivity contribution is 5.68. The van der Waals surface area contributed by atoms with Crippen molar-refractivity contribution < 1.29 is 19.2 Å². The summed E-state index contributed by atoms with van der Waals surface area (Å²) in [5.74, 6) is 0.361. The molecule has 0 aliphatic heterocycles. The molecule has 0 radical (unpaired) electrons. The van der Waals surface area contributed by atoms with Crippen LogP contribution in [0, 0.1) is 6.92 Å². The minimum Gasteiger partial charge on any atom is -0.482 e. The van der Waals surface area contributed by atoms with Gasteiger partial charge in [0.25, 0.3) is 5.89 Å². The second-order valence-corrected chi connectivity index (χ2v) is 5.00. The average molecular weight is 310 g/mol. The molecular weight excluding hydrogens is 296 g/mol. The molecule has 0 amide bonds. The van der Waals surface area contributed by atoms with E-state index in [-0.39, 0.29) is 6.61 Å². The molecule has 0 unspecified atom stereocenters. The number of aromatic nitrogens is 2. The maximum absolute atomic E-state index is 10.5. The lowest BCUT2D eigenvalue weighted by molar-refractivity contribution is -0.139. The molecule has 23 heavy (non-hydrogen) atoms. The molecule has 6 heteroatoms. The zero-order chi connectivity index (χ0) is 16.2. The quantitative estimate of drug-likeness (QED) is 0.779. The third-order valence-electron chi connectivity index (χ3n) is 3.20. The Bertz CT molecular complexity index is 807. The molecule has 116 valence electrons. The lowest BCUT2D eigenvalue weighted by Gasteiger charge is -2.02. The first-order valence-corrected chi connectivity index (χ1v) is 6.97. The number of carboxylic acids is 1. The van der Waals surface area contributed by atoms with E-state index in [0.29, 0.717) is 17.5 Å². The highest BCUT2D eigenvalue weighted by atomic mass is 16.5. The Kier molecular flexibility index (Phi) is 4.05. The fraction of sp³-hybridized carbons (Fsp3) is 0.118. The molecule has 0 spiro atoms. The molecule has 1 heterocycles. The van der Waals surface area contributed by atoms with Gasteiger partial charge in [0.1, 0.15) is 5.75 Å². The van der Waals surface area contributed by atoms with E-state index in [2.05, 4.69) is 10.1 Å². The van der Waals surface area contributed by atoms with Crippen LogP contribution in [0.4, 0.5) is 0 Å². The van der Waals surface area contributed by atoms with Crippen molar-refractivity contribution in [3.05, 3.63) is 54.1 Å². The number of benzene rings is 2. The summed E-state index contributed by atoms with van der Waals surface area (Å²) in [4.78, 5) is 14.8. The van der Waals surface area contributed by atoms with Crippen molar-refractivity contribution in [1.29, 1.82) is 0 Å².